The van der Waals surface area contributed by atoms with Gasteiger partial charge < -0.3 is 15.2 Å². The van der Waals surface area contributed by atoms with Gasteiger partial charge in [0.15, 0.2) is 11.5 Å². The van der Waals surface area contributed by atoms with Crippen LogP contribution in [0.2, 0.25) is 0 Å². The summed E-state index contributed by atoms with van der Waals surface area (Å²) in [4.78, 5) is 0.369. The van der Waals surface area contributed by atoms with Gasteiger partial charge in [0.25, 0.3) is 0 Å². The molecule has 0 atom stereocenters. The fraction of sp³-hybridized carbons (Fsp3) is 0.462. The summed E-state index contributed by atoms with van der Waals surface area (Å²) in [7, 11) is 1.62. The third-order valence-corrected chi connectivity index (χ3v) is 3.38. The molecular formula is C13H17NO2S. The predicted octanol–water partition coefficient (Wildman–Crippen LogP) is 2.51. The van der Waals surface area contributed by atoms with E-state index >= 15 is 0 Å². The zero-order valence-corrected chi connectivity index (χ0v) is 10.8. The van der Waals surface area contributed by atoms with Crippen molar-refractivity contribution in [3.63, 3.8) is 0 Å². The van der Waals surface area contributed by atoms with Gasteiger partial charge in [-0.2, -0.15) is 0 Å². The summed E-state index contributed by atoms with van der Waals surface area (Å²) < 4.78 is 11.0. The van der Waals surface area contributed by atoms with Crippen molar-refractivity contribution in [2.45, 2.75) is 19.3 Å². The quantitative estimate of drug-likeness (QED) is 0.817. The minimum absolute atomic E-state index is 0.369. The molecule has 0 aromatic heterocycles. The van der Waals surface area contributed by atoms with Gasteiger partial charge in [-0.05, 0) is 37.0 Å². The third kappa shape index (κ3) is 2.88. The molecule has 0 radical (unpaired) electrons. The highest BCUT2D eigenvalue weighted by Crippen LogP contribution is 2.31. The topological polar surface area (TPSA) is 44.5 Å². The van der Waals surface area contributed by atoms with Gasteiger partial charge in [-0.15, -0.1) is 0 Å². The first kappa shape index (κ1) is 12.2. The van der Waals surface area contributed by atoms with Crippen molar-refractivity contribution in [3.8, 4) is 11.5 Å². The Labute approximate surface area is 107 Å². The Bertz CT molecular complexity index is 416. The summed E-state index contributed by atoms with van der Waals surface area (Å²) in [6.45, 7) is 0.767. The molecule has 1 aliphatic rings. The minimum atomic E-state index is 0.369. The number of nitrogens with two attached hydrogens (primary N) is 1. The van der Waals surface area contributed by atoms with E-state index in [1.807, 2.05) is 18.2 Å². The third-order valence-electron chi connectivity index (χ3n) is 3.15. The zero-order chi connectivity index (χ0) is 12.3. The Morgan fingerprint density at radius 2 is 2.18 bits per heavy atom. The maximum atomic E-state index is 5.76. The molecule has 1 aliphatic carbocycles. The van der Waals surface area contributed by atoms with Crippen LogP contribution in [0.25, 0.3) is 0 Å². The van der Waals surface area contributed by atoms with Gasteiger partial charge >= 0.3 is 0 Å². The normalized spacial score (nSPS) is 15.1. The second kappa shape index (κ2) is 5.36. The molecule has 0 heterocycles. The van der Waals surface area contributed by atoms with Crippen LogP contribution in [0.1, 0.15) is 24.8 Å². The van der Waals surface area contributed by atoms with Crippen LogP contribution in [0.5, 0.6) is 11.5 Å². The van der Waals surface area contributed by atoms with Crippen LogP contribution in [0, 0.1) is 5.92 Å². The summed E-state index contributed by atoms with van der Waals surface area (Å²) in [6.07, 6.45) is 3.87. The van der Waals surface area contributed by atoms with Crippen molar-refractivity contribution < 1.29 is 9.47 Å². The number of rotatable bonds is 5. The van der Waals surface area contributed by atoms with Gasteiger partial charge in [0, 0.05) is 5.56 Å². The molecule has 1 fully saturated rings. The summed E-state index contributed by atoms with van der Waals surface area (Å²) in [6, 6.07) is 5.55. The predicted molar refractivity (Wildman–Crippen MR) is 71.7 cm³/mol. The molecule has 0 aliphatic heterocycles. The van der Waals surface area contributed by atoms with Crippen molar-refractivity contribution in [2.24, 2.45) is 11.7 Å². The molecule has 1 aromatic rings. The molecule has 3 nitrogen and oxygen atoms in total. The molecule has 2 rings (SSSR count). The van der Waals surface area contributed by atoms with Crippen LogP contribution in [0.3, 0.4) is 0 Å². The average molecular weight is 251 g/mol. The lowest BCUT2D eigenvalue weighted by atomic mass is 9.86. The first-order valence-electron chi connectivity index (χ1n) is 5.81. The lowest BCUT2D eigenvalue weighted by Gasteiger charge is -2.25. The zero-order valence-electron chi connectivity index (χ0n) is 9.94. The van der Waals surface area contributed by atoms with Crippen LogP contribution >= 0.6 is 12.2 Å². The molecule has 0 spiro atoms. The molecule has 0 amide bonds. The molecule has 1 aromatic carbocycles. The highest BCUT2D eigenvalue weighted by atomic mass is 32.1. The van der Waals surface area contributed by atoms with Gasteiger partial charge in [-0.1, -0.05) is 18.6 Å². The number of benzene rings is 1. The first-order valence-corrected chi connectivity index (χ1v) is 6.22. The van der Waals surface area contributed by atoms with Crippen LogP contribution in [-0.2, 0) is 0 Å². The molecule has 0 unspecified atom stereocenters. The maximum Gasteiger partial charge on any atom is 0.161 e. The Kier molecular flexibility index (Phi) is 3.84. The fourth-order valence-electron chi connectivity index (χ4n) is 1.81. The van der Waals surface area contributed by atoms with Gasteiger partial charge in [0.05, 0.1) is 13.7 Å². The van der Waals surface area contributed by atoms with Gasteiger partial charge in [0.2, 0.25) is 0 Å². The van der Waals surface area contributed by atoms with Crippen LogP contribution in [0.15, 0.2) is 18.2 Å². The number of hydrogen-bond donors (Lipinski definition) is 1. The Balaban J connectivity index is 2.06. The highest BCUT2D eigenvalue weighted by Gasteiger charge is 2.18. The Morgan fingerprint density at radius 3 is 2.71 bits per heavy atom. The molecule has 4 heteroatoms. The van der Waals surface area contributed by atoms with E-state index in [2.05, 4.69) is 0 Å². The smallest absolute Gasteiger partial charge is 0.161 e. The van der Waals surface area contributed by atoms with Gasteiger partial charge in [-0.3, -0.25) is 0 Å². The summed E-state index contributed by atoms with van der Waals surface area (Å²) >= 11 is 4.93. The van der Waals surface area contributed by atoms with E-state index < -0.39 is 0 Å². The number of methoxy groups -OCH3 is 1. The van der Waals surface area contributed by atoms with E-state index in [0.717, 1.165) is 17.9 Å². The second-order valence-electron chi connectivity index (χ2n) is 4.34. The first-order chi connectivity index (χ1) is 8.20. The van der Waals surface area contributed by atoms with E-state index in [1.54, 1.807) is 7.11 Å². The van der Waals surface area contributed by atoms with E-state index in [9.17, 15) is 0 Å². The molecule has 92 valence electrons. The van der Waals surface area contributed by atoms with Gasteiger partial charge in [-0.25, -0.2) is 0 Å². The SMILES string of the molecule is COc1cc(C(N)=S)ccc1OCC1CCC1. The van der Waals surface area contributed by atoms with E-state index in [4.69, 9.17) is 27.4 Å². The van der Waals surface area contributed by atoms with Crippen molar-refractivity contribution in [3.05, 3.63) is 23.8 Å². The summed E-state index contributed by atoms with van der Waals surface area (Å²) in [5.74, 6) is 2.16. The summed E-state index contributed by atoms with van der Waals surface area (Å²) in [5.41, 5.74) is 6.37. The standard InChI is InChI=1S/C13H17NO2S/c1-15-12-7-10(13(14)17)5-6-11(12)16-8-9-3-2-4-9/h5-7,9H,2-4,8H2,1H3,(H2,14,17). The molecule has 2 N–H and O–H groups in total. The fourth-order valence-corrected chi connectivity index (χ4v) is 1.93. The Hall–Kier alpha value is -1.29. The number of ether oxygens (including phenoxy) is 2. The van der Waals surface area contributed by atoms with Crippen molar-refractivity contribution >= 4 is 17.2 Å². The van der Waals surface area contributed by atoms with Crippen molar-refractivity contribution in [1.29, 1.82) is 0 Å². The molecule has 17 heavy (non-hydrogen) atoms. The van der Waals surface area contributed by atoms with Crippen molar-refractivity contribution in [2.75, 3.05) is 13.7 Å². The lowest BCUT2D eigenvalue weighted by molar-refractivity contribution is 0.176. The largest absolute Gasteiger partial charge is 0.493 e. The minimum Gasteiger partial charge on any atom is -0.493 e. The summed E-state index contributed by atoms with van der Waals surface area (Å²) in [5, 5.41) is 0. The van der Waals surface area contributed by atoms with Crippen LogP contribution in [-0.4, -0.2) is 18.7 Å². The molecule has 0 saturated heterocycles. The number of hydrogen-bond acceptors (Lipinski definition) is 3. The lowest BCUT2D eigenvalue weighted by Crippen LogP contribution is -2.19. The highest BCUT2D eigenvalue weighted by molar-refractivity contribution is 7.80. The molecule has 1 saturated carbocycles. The van der Waals surface area contributed by atoms with Crippen molar-refractivity contribution in [1.82, 2.24) is 0 Å². The van der Waals surface area contributed by atoms with Crippen LogP contribution < -0.4 is 15.2 Å². The monoisotopic (exact) mass is 251 g/mol. The molecular weight excluding hydrogens is 234 g/mol. The maximum absolute atomic E-state index is 5.76. The van der Waals surface area contributed by atoms with Crippen LogP contribution in [0.4, 0.5) is 0 Å². The van der Waals surface area contributed by atoms with E-state index in [-0.39, 0.29) is 0 Å². The van der Waals surface area contributed by atoms with E-state index in [1.165, 1.54) is 19.3 Å². The van der Waals surface area contributed by atoms with Gasteiger partial charge in [0.1, 0.15) is 4.99 Å². The Morgan fingerprint density at radius 1 is 1.41 bits per heavy atom. The average Bonchev–Trinajstić information content (AvgIpc) is 2.27. The van der Waals surface area contributed by atoms with E-state index in [0.29, 0.717) is 16.7 Å². The number of thiocarbonyl (C=S) groups is 1. The molecule has 0 bridgehead atoms. The second-order valence-corrected chi connectivity index (χ2v) is 4.78.